The number of hydrogen-bond acceptors (Lipinski definition) is 3. The Bertz CT molecular complexity index is 465. The van der Waals surface area contributed by atoms with E-state index in [1.54, 1.807) is 6.07 Å². The Balaban J connectivity index is 3.33. The van der Waals surface area contributed by atoms with Crippen molar-refractivity contribution in [2.45, 2.75) is 52.7 Å². The van der Waals surface area contributed by atoms with E-state index < -0.39 is 12.1 Å². The number of nitrogens with one attached hydrogen (secondary N) is 1. The Labute approximate surface area is 114 Å². The topological polar surface area (TPSA) is 69.6 Å². The third-order valence-corrected chi connectivity index (χ3v) is 3.04. The number of rotatable bonds is 4. The molecule has 0 bridgehead atoms. The lowest BCUT2D eigenvalue weighted by Gasteiger charge is -2.17. The zero-order valence-corrected chi connectivity index (χ0v) is 12.2. The summed E-state index contributed by atoms with van der Waals surface area (Å²) in [6.45, 7) is 9.47. The predicted molar refractivity (Wildman–Crippen MR) is 75.4 cm³/mol. The van der Waals surface area contributed by atoms with Crippen LogP contribution in [0.2, 0.25) is 0 Å². The summed E-state index contributed by atoms with van der Waals surface area (Å²) in [6, 6.07) is 3.62. The highest BCUT2D eigenvalue weighted by molar-refractivity contribution is 5.97. The molecule has 3 N–H and O–H groups in total. The zero-order chi connectivity index (χ0) is 14.7. The molecule has 1 rings (SSSR count). The van der Waals surface area contributed by atoms with Crippen molar-refractivity contribution in [3.8, 4) is 5.75 Å². The van der Waals surface area contributed by atoms with Crippen molar-refractivity contribution in [1.29, 1.82) is 0 Å². The molecule has 0 aliphatic carbocycles. The molecule has 1 aromatic carbocycles. The van der Waals surface area contributed by atoms with Crippen molar-refractivity contribution in [1.82, 2.24) is 5.32 Å². The smallest absolute Gasteiger partial charge is 0.257 e. The second-order valence-corrected chi connectivity index (χ2v) is 5.47. The standard InChI is InChI=1S/C15H23NO3/c1-8(2)11-6-12(9(3)4)14(18)13(7-11)15(19)16-10(5)17/h6-10,17-18H,1-5H3,(H,16,19). The molecule has 0 aliphatic heterocycles. The predicted octanol–water partition coefficient (Wildman–Crippen LogP) is 2.71. The van der Waals surface area contributed by atoms with Crippen molar-refractivity contribution in [2.24, 2.45) is 0 Å². The van der Waals surface area contributed by atoms with Gasteiger partial charge in [0.15, 0.2) is 0 Å². The van der Waals surface area contributed by atoms with Crippen LogP contribution in [0.5, 0.6) is 5.75 Å². The average molecular weight is 265 g/mol. The molecule has 0 saturated heterocycles. The number of phenols is 1. The number of phenolic OH excluding ortho intramolecular Hbond substituents is 1. The number of aromatic hydroxyl groups is 1. The van der Waals surface area contributed by atoms with Gasteiger partial charge in [0.2, 0.25) is 0 Å². The summed E-state index contributed by atoms with van der Waals surface area (Å²) in [7, 11) is 0. The van der Waals surface area contributed by atoms with Crippen molar-refractivity contribution in [2.75, 3.05) is 0 Å². The monoisotopic (exact) mass is 265 g/mol. The lowest BCUT2D eigenvalue weighted by atomic mass is 9.91. The molecule has 19 heavy (non-hydrogen) atoms. The van der Waals surface area contributed by atoms with E-state index in [0.29, 0.717) is 0 Å². The quantitative estimate of drug-likeness (QED) is 0.733. The van der Waals surface area contributed by atoms with Gasteiger partial charge in [0, 0.05) is 0 Å². The second-order valence-electron chi connectivity index (χ2n) is 5.47. The van der Waals surface area contributed by atoms with E-state index in [9.17, 15) is 15.0 Å². The molecule has 0 aliphatic rings. The van der Waals surface area contributed by atoms with Crippen LogP contribution in [0.4, 0.5) is 0 Å². The van der Waals surface area contributed by atoms with E-state index in [4.69, 9.17) is 0 Å². The molecule has 1 atom stereocenters. The number of aliphatic hydroxyl groups excluding tert-OH is 1. The van der Waals surface area contributed by atoms with E-state index in [1.807, 2.05) is 33.8 Å². The van der Waals surface area contributed by atoms with Crippen LogP contribution >= 0.6 is 0 Å². The third-order valence-electron chi connectivity index (χ3n) is 3.04. The summed E-state index contributed by atoms with van der Waals surface area (Å²) >= 11 is 0. The highest BCUT2D eigenvalue weighted by Gasteiger charge is 2.19. The first-order valence-electron chi connectivity index (χ1n) is 6.59. The fourth-order valence-electron chi connectivity index (χ4n) is 1.89. The van der Waals surface area contributed by atoms with Crippen LogP contribution in [-0.4, -0.2) is 22.3 Å². The van der Waals surface area contributed by atoms with Gasteiger partial charge in [0.05, 0.1) is 5.56 Å². The second kappa shape index (κ2) is 6.06. The van der Waals surface area contributed by atoms with Gasteiger partial charge in [-0.1, -0.05) is 33.8 Å². The molecular formula is C15H23NO3. The minimum absolute atomic E-state index is 0.00227. The van der Waals surface area contributed by atoms with Crippen molar-refractivity contribution in [3.05, 3.63) is 28.8 Å². The van der Waals surface area contributed by atoms with Crippen LogP contribution in [0.25, 0.3) is 0 Å². The lowest BCUT2D eigenvalue weighted by molar-refractivity contribution is 0.0816. The van der Waals surface area contributed by atoms with Crippen LogP contribution < -0.4 is 5.32 Å². The van der Waals surface area contributed by atoms with Crippen LogP contribution in [0.3, 0.4) is 0 Å². The molecule has 0 radical (unpaired) electrons. The summed E-state index contributed by atoms with van der Waals surface area (Å²) in [6.07, 6.45) is -0.947. The summed E-state index contributed by atoms with van der Waals surface area (Å²) in [5, 5.41) is 21.8. The normalized spacial score (nSPS) is 12.8. The Hall–Kier alpha value is -1.55. The third kappa shape index (κ3) is 3.70. The fourth-order valence-corrected chi connectivity index (χ4v) is 1.89. The van der Waals surface area contributed by atoms with Gasteiger partial charge in [0.1, 0.15) is 12.0 Å². The molecule has 1 amide bonds. The molecular weight excluding hydrogens is 242 g/mol. The zero-order valence-electron chi connectivity index (χ0n) is 12.2. The maximum atomic E-state index is 12.0. The van der Waals surface area contributed by atoms with Gasteiger partial charge in [-0.15, -0.1) is 0 Å². The van der Waals surface area contributed by atoms with Gasteiger partial charge in [-0.2, -0.15) is 0 Å². The summed E-state index contributed by atoms with van der Waals surface area (Å²) in [4.78, 5) is 12.0. The van der Waals surface area contributed by atoms with Gasteiger partial charge in [0.25, 0.3) is 5.91 Å². The minimum Gasteiger partial charge on any atom is -0.507 e. The fraction of sp³-hybridized carbons (Fsp3) is 0.533. The Morgan fingerprint density at radius 1 is 1.11 bits per heavy atom. The number of aliphatic hydroxyl groups is 1. The van der Waals surface area contributed by atoms with Crippen molar-refractivity contribution >= 4 is 5.91 Å². The van der Waals surface area contributed by atoms with E-state index in [-0.39, 0.29) is 23.1 Å². The van der Waals surface area contributed by atoms with E-state index in [0.717, 1.165) is 11.1 Å². The van der Waals surface area contributed by atoms with Crippen molar-refractivity contribution in [3.63, 3.8) is 0 Å². The van der Waals surface area contributed by atoms with Gasteiger partial charge < -0.3 is 15.5 Å². The maximum Gasteiger partial charge on any atom is 0.257 e. The van der Waals surface area contributed by atoms with Crippen LogP contribution in [0, 0.1) is 0 Å². The van der Waals surface area contributed by atoms with Gasteiger partial charge in [-0.25, -0.2) is 0 Å². The molecule has 106 valence electrons. The number of benzene rings is 1. The molecule has 0 fully saturated rings. The maximum absolute atomic E-state index is 12.0. The Morgan fingerprint density at radius 2 is 1.68 bits per heavy atom. The molecule has 1 aromatic rings. The highest BCUT2D eigenvalue weighted by Crippen LogP contribution is 2.33. The van der Waals surface area contributed by atoms with Gasteiger partial charge >= 0.3 is 0 Å². The summed E-state index contributed by atoms with van der Waals surface area (Å²) in [5.74, 6) is -0.0811. The number of hydrogen-bond donors (Lipinski definition) is 3. The van der Waals surface area contributed by atoms with Crippen LogP contribution in [0.1, 0.15) is 67.9 Å². The Kier molecular flexibility index (Phi) is 4.95. The first-order chi connectivity index (χ1) is 8.73. The highest BCUT2D eigenvalue weighted by atomic mass is 16.3. The molecule has 1 unspecified atom stereocenters. The first-order valence-corrected chi connectivity index (χ1v) is 6.59. The number of carbonyl (C=O) groups is 1. The molecule has 4 nitrogen and oxygen atoms in total. The van der Waals surface area contributed by atoms with E-state index >= 15 is 0 Å². The molecule has 0 spiro atoms. The summed E-state index contributed by atoms with van der Waals surface area (Å²) in [5.41, 5.74) is 1.97. The van der Waals surface area contributed by atoms with Crippen LogP contribution in [-0.2, 0) is 0 Å². The minimum atomic E-state index is -0.947. The van der Waals surface area contributed by atoms with E-state index in [1.165, 1.54) is 6.92 Å². The molecule has 0 saturated carbocycles. The van der Waals surface area contributed by atoms with Crippen molar-refractivity contribution < 1.29 is 15.0 Å². The lowest BCUT2D eigenvalue weighted by Crippen LogP contribution is -2.32. The SMILES string of the molecule is CC(O)NC(=O)c1cc(C(C)C)cc(C(C)C)c1O. The average Bonchev–Trinajstić information content (AvgIpc) is 2.27. The number of amides is 1. The summed E-state index contributed by atoms with van der Waals surface area (Å²) < 4.78 is 0. The van der Waals surface area contributed by atoms with Gasteiger partial charge in [-0.3, -0.25) is 4.79 Å². The van der Waals surface area contributed by atoms with Gasteiger partial charge in [-0.05, 0) is 36.0 Å². The Morgan fingerprint density at radius 3 is 2.11 bits per heavy atom. The number of carbonyl (C=O) groups excluding carboxylic acids is 1. The first kappa shape index (κ1) is 15.5. The molecule has 0 heterocycles. The largest absolute Gasteiger partial charge is 0.507 e. The molecule has 4 heteroatoms. The van der Waals surface area contributed by atoms with Crippen LogP contribution in [0.15, 0.2) is 12.1 Å². The van der Waals surface area contributed by atoms with E-state index in [2.05, 4.69) is 5.32 Å². The molecule has 0 aromatic heterocycles.